The lowest BCUT2D eigenvalue weighted by Crippen LogP contribution is -2.24. The molecular formula is C33H30N4O4S2. The SMILES string of the molecule is COc1ccc(/C=N\NC(=O)CSc2nc3sc4c(c3c(=O)n2-c2ccccc2)CCCC4)cc1OCc1ccccc1. The summed E-state index contributed by atoms with van der Waals surface area (Å²) in [5.41, 5.74) is 6.15. The Hall–Kier alpha value is -4.41. The van der Waals surface area contributed by atoms with Crippen LogP contribution in [0.15, 0.2) is 93.9 Å². The fourth-order valence-corrected chi connectivity index (χ4v) is 7.16. The Morgan fingerprint density at radius 2 is 1.81 bits per heavy atom. The first-order valence-electron chi connectivity index (χ1n) is 14.0. The highest BCUT2D eigenvalue weighted by atomic mass is 32.2. The third-order valence-corrected chi connectivity index (χ3v) is 9.26. The van der Waals surface area contributed by atoms with Gasteiger partial charge in [-0.1, -0.05) is 60.3 Å². The van der Waals surface area contributed by atoms with E-state index in [1.807, 2.05) is 72.8 Å². The van der Waals surface area contributed by atoms with Crippen LogP contribution in [0, 0.1) is 0 Å². The van der Waals surface area contributed by atoms with Crippen LogP contribution in [0.3, 0.4) is 0 Å². The van der Waals surface area contributed by atoms with Crippen molar-refractivity contribution in [1.29, 1.82) is 0 Å². The third kappa shape index (κ3) is 6.50. The number of benzene rings is 3. The van der Waals surface area contributed by atoms with Crippen molar-refractivity contribution in [1.82, 2.24) is 15.0 Å². The van der Waals surface area contributed by atoms with Crippen LogP contribution >= 0.6 is 23.1 Å². The molecule has 10 heteroatoms. The topological polar surface area (TPSA) is 94.8 Å². The van der Waals surface area contributed by atoms with E-state index in [2.05, 4.69) is 10.5 Å². The van der Waals surface area contributed by atoms with Crippen molar-refractivity contribution in [3.05, 3.63) is 111 Å². The summed E-state index contributed by atoms with van der Waals surface area (Å²) in [5.74, 6) is 0.915. The Kier molecular flexibility index (Phi) is 8.85. The van der Waals surface area contributed by atoms with Gasteiger partial charge in [0.15, 0.2) is 16.7 Å². The number of hydrogen-bond acceptors (Lipinski definition) is 8. The molecule has 0 unspecified atom stereocenters. The average Bonchev–Trinajstić information content (AvgIpc) is 3.42. The fourth-order valence-electron chi connectivity index (χ4n) is 5.05. The van der Waals surface area contributed by atoms with Crippen LogP contribution in [0.2, 0.25) is 0 Å². The lowest BCUT2D eigenvalue weighted by molar-refractivity contribution is -0.118. The van der Waals surface area contributed by atoms with Crippen LogP contribution in [0.25, 0.3) is 15.9 Å². The number of thiophene rings is 1. The van der Waals surface area contributed by atoms with Crippen LogP contribution in [-0.2, 0) is 24.2 Å². The van der Waals surface area contributed by atoms with Gasteiger partial charge in [0.25, 0.3) is 11.5 Å². The van der Waals surface area contributed by atoms with Crippen LogP contribution in [0.5, 0.6) is 11.5 Å². The average molecular weight is 611 g/mol. The van der Waals surface area contributed by atoms with Gasteiger partial charge in [0.1, 0.15) is 11.4 Å². The highest BCUT2D eigenvalue weighted by Crippen LogP contribution is 2.35. The number of thioether (sulfide) groups is 1. The van der Waals surface area contributed by atoms with E-state index in [1.165, 1.54) is 16.6 Å². The number of para-hydroxylation sites is 1. The number of ether oxygens (including phenoxy) is 2. The molecule has 6 rings (SSSR count). The number of methoxy groups -OCH3 is 1. The normalized spacial score (nSPS) is 12.8. The molecule has 8 nitrogen and oxygen atoms in total. The summed E-state index contributed by atoms with van der Waals surface area (Å²) >= 11 is 2.82. The van der Waals surface area contributed by atoms with Crippen LogP contribution in [0.4, 0.5) is 0 Å². The summed E-state index contributed by atoms with van der Waals surface area (Å²) in [6.07, 6.45) is 5.66. The summed E-state index contributed by atoms with van der Waals surface area (Å²) in [4.78, 5) is 33.5. The van der Waals surface area contributed by atoms with E-state index in [0.717, 1.165) is 52.9 Å². The molecule has 1 aliphatic carbocycles. The van der Waals surface area contributed by atoms with Crippen LogP contribution in [0.1, 0.15) is 34.4 Å². The van der Waals surface area contributed by atoms with Gasteiger partial charge in [-0.25, -0.2) is 10.4 Å². The largest absolute Gasteiger partial charge is 0.493 e. The second-order valence-corrected chi connectivity index (χ2v) is 12.1. The lowest BCUT2D eigenvalue weighted by atomic mass is 9.97. The molecule has 0 bridgehead atoms. The van der Waals surface area contributed by atoms with Crippen molar-refractivity contribution >= 4 is 45.4 Å². The van der Waals surface area contributed by atoms with Gasteiger partial charge in [-0.15, -0.1) is 11.3 Å². The molecule has 218 valence electrons. The minimum atomic E-state index is -0.310. The van der Waals surface area contributed by atoms with E-state index in [1.54, 1.807) is 35.3 Å². The number of fused-ring (bicyclic) bond motifs is 3. The number of rotatable bonds is 10. The van der Waals surface area contributed by atoms with Crippen LogP contribution < -0.4 is 20.5 Å². The lowest BCUT2D eigenvalue weighted by Gasteiger charge is -2.13. The number of carbonyl (C=O) groups excluding carboxylic acids is 1. The van der Waals surface area contributed by atoms with Gasteiger partial charge in [-0.3, -0.25) is 14.2 Å². The van der Waals surface area contributed by atoms with Crippen molar-refractivity contribution in [2.75, 3.05) is 12.9 Å². The summed E-state index contributed by atoms with van der Waals surface area (Å²) in [5, 5.41) is 5.34. The number of hydrazone groups is 1. The smallest absolute Gasteiger partial charge is 0.267 e. The molecule has 1 aliphatic rings. The monoisotopic (exact) mass is 610 g/mol. The molecule has 0 saturated heterocycles. The summed E-state index contributed by atoms with van der Waals surface area (Å²) in [7, 11) is 1.59. The van der Waals surface area contributed by atoms with E-state index < -0.39 is 0 Å². The van der Waals surface area contributed by atoms with Gasteiger partial charge in [-0.2, -0.15) is 5.10 Å². The Morgan fingerprint density at radius 1 is 1.05 bits per heavy atom. The zero-order chi connectivity index (χ0) is 29.6. The first kappa shape index (κ1) is 28.7. The number of nitrogens with zero attached hydrogens (tertiary/aromatic N) is 3. The molecule has 2 aromatic heterocycles. The summed E-state index contributed by atoms with van der Waals surface area (Å²) < 4.78 is 13.0. The second-order valence-electron chi connectivity index (χ2n) is 10.0. The Balaban J connectivity index is 1.16. The van der Waals surface area contributed by atoms with E-state index in [9.17, 15) is 9.59 Å². The van der Waals surface area contributed by atoms with Gasteiger partial charge < -0.3 is 9.47 Å². The molecule has 0 atom stereocenters. The van der Waals surface area contributed by atoms with Crippen LogP contribution in [-0.4, -0.2) is 34.5 Å². The molecule has 1 N–H and O–H groups in total. The Morgan fingerprint density at radius 3 is 2.60 bits per heavy atom. The van der Waals surface area contributed by atoms with E-state index >= 15 is 0 Å². The number of amides is 1. The first-order chi connectivity index (χ1) is 21.1. The molecule has 43 heavy (non-hydrogen) atoms. The molecule has 3 aromatic carbocycles. The molecule has 0 aliphatic heterocycles. The number of aromatic nitrogens is 2. The zero-order valence-corrected chi connectivity index (χ0v) is 25.2. The highest BCUT2D eigenvalue weighted by molar-refractivity contribution is 7.99. The molecular weight excluding hydrogens is 581 g/mol. The minimum Gasteiger partial charge on any atom is -0.493 e. The predicted octanol–water partition coefficient (Wildman–Crippen LogP) is 6.16. The van der Waals surface area contributed by atoms with Crippen molar-refractivity contribution in [3.8, 4) is 17.2 Å². The molecule has 2 heterocycles. The van der Waals surface area contributed by atoms with Gasteiger partial charge in [0.2, 0.25) is 0 Å². The molecule has 0 saturated carbocycles. The van der Waals surface area contributed by atoms with Crippen molar-refractivity contribution in [2.45, 2.75) is 37.4 Å². The maximum absolute atomic E-state index is 13.8. The number of aryl methyl sites for hydroxylation is 2. The van der Waals surface area contributed by atoms with Crippen molar-refractivity contribution in [2.24, 2.45) is 5.10 Å². The Labute approximate surface area is 257 Å². The van der Waals surface area contributed by atoms with Gasteiger partial charge in [0, 0.05) is 4.88 Å². The predicted molar refractivity (Wildman–Crippen MR) is 172 cm³/mol. The van der Waals surface area contributed by atoms with Gasteiger partial charge in [-0.05, 0) is 72.7 Å². The number of nitrogens with one attached hydrogen (secondary N) is 1. The van der Waals surface area contributed by atoms with E-state index in [-0.39, 0.29) is 17.2 Å². The number of hydrogen-bond donors (Lipinski definition) is 1. The number of carbonyl (C=O) groups is 1. The maximum atomic E-state index is 13.8. The standard InChI is InChI=1S/C33H30N4O4S2/c1-40-26-17-16-23(18-27(26)41-20-22-10-4-2-5-11-22)19-34-36-29(38)21-42-33-35-31-30(25-14-8-9-15-28(25)43-31)32(39)37(33)24-12-6-3-7-13-24/h2-7,10-13,16-19H,8-9,14-15,20-21H2,1H3,(H,36,38)/b34-19-. The summed E-state index contributed by atoms with van der Waals surface area (Å²) in [6, 6.07) is 24.8. The van der Waals surface area contributed by atoms with E-state index in [4.69, 9.17) is 14.5 Å². The molecule has 1 amide bonds. The molecule has 0 fully saturated rings. The fraction of sp³-hybridized carbons (Fsp3) is 0.212. The molecule has 5 aromatic rings. The van der Waals surface area contributed by atoms with Gasteiger partial charge in [0.05, 0.1) is 30.2 Å². The maximum Gasteiger partial charge on any atom is 0.267 e. The molecule has 0 spiro atoms. The minimum absolute atomic E-state index is 0.0429. The highest BCUT2D eigenvalue weighted by Gasteiger charge is 2.23. The van der Waals surface area contributed by atoms with Crippen molar-refractivity contribution < 1.29 is 14.3 Å². The van der Waals surface area contributed by atoms with E-state index in [0.29, 0.717) is 28.6 Å². The third-order valence-electron chi connectivity index (χ3n) is 7.13. The van der Waals surface area contributed by atoms with Gasteiger partial charge >= 0.3 is 0 Å². The molecule has 0 radical (unpaired) electrons. The van der Waals surface area contributed by atoms with Crippen molar-refractivity contribution in [3.63, 3.8) is 0 Å². The summed E-state index contributed by atoms with van der Waals surface area (Å²) in [6.45, 7) is 0.397. The zero-order valence-electron chi connectivity index (χ0n) is 23.6. The Bertz CT molecular complexity index is 1840. The second kappa shape index (κ2) is 13.3. The first-order valence-corrected chi connectivity index (χ1v) is 15.8. The quantitative estimate of drug-likeness (QED) is 0.0882.